The number of hydrogen-bond donors (Lipinski definition) is 0. The first-order valence-corrected chi connectivity index (χ1v) is 8.21. The van der Waals surface area contributed by atoms with Crippen molar-refractivity contribution in [2.75, 3.05) is 20.2 Å². The summed E-state index contributed by atoms with van der Waals surface area (Å²) in [5, 5.41) is 3.96. The van der Waals surface area contributed by atoms with Gasteiger partial charge >= 0.3 is 0 Å². The fraction of sp³-hybridized carbons (Fsp3) is 0.556. The van der Waals surface area contributed by atoms with E-state index in [1.165, 1.54) is 23.1 Å². The summed E-state index contributed by atoms with van der Waals surface area (Å²) in [5.41, 5.74) is 4.19. The first-order valence-electron chi connectivity index (χ1n) is 8.21. The zero-order chi connectivity index (χ0) is 16.4. The van der Waals surface area contributed by atoms with E-state index in [0.717, 1.165) is 13.1 Å². The molecule has 2 aromatic rings. The molecular formula is C18H25N3O2. The van der Waals surface area contributed by atoms with Crippen LogP contribution >= 0.6 is 0 Å². The second kappa shape index (κ2) is 6.81. The lowest BCUT2D eigenvalue weighted by Crippen LogP contribution is -2.24. The van der Waals surface area contributed by atoms with Gasteiger partial charge in [0, 0.05) is 13.7 Å². The second-order valence-electron chi connectivity index (χ2n) is 6.50. The molecule has 0 saturated carbocycles. The van der Waals surface area contributed by atoms with Crippen LogP contribution < -0.4 is 0 Å². The maximum Gasteiger partial charge on any atom is 0.243 e. The molecule has 0 spiro atoms. The van der Waals surface area contributed by atoms with Gasteiger partial charge in [0.05, 0.1) is 6.04 Å². The second-order valence-corrected chi connectivity index (χ2v) is 6.50. The minimum atomic E-state index is 0.142. The molecule has 1 fully saturated rings. The molecule has 124 valence electrons. The Morgan fingerprint density at radius 2 is 2.22 bits per heavy atom. The SMILES string of the molecule is COCc1noc([C@@H](C)N2CC[C@@H](c3ccc(C)cc3C)C2)n1. The third-order valence-electron chi connectivity index (χ3n) is 4.75. The maximum absolute atomic E-state index is 5.39. The van der Waals surface area contributed by atoms with Crippen LogP contribution in [0.3, 0.4) is 0 Å². The topological polar surface area (TPSA) is 51.4 Å². The summed E-state index contributed by atoms with van der Waals surface area (Å²) in [5.74, 6) is 1.87. The molecule has 23 heavy (non-hydrogen) atoms. The number of methoxy groups -OCH3 is 1. The largest absolute Gasteiger partial charge is 0.377 e. The number of likely N-dealkylation sites (tertiary alicyclic amines) is 1. The summed E-state index contributed by atoms with van der Waals surface area (Å²) < 4.78 is 10.4. The molecule has 0 N–H and O–H groups in total. The summed E-state index contributed by atoms with van der Waals surface area (Å²) in [4.78, 5) is 6.85. The summed E-state index contributed by atoms with van der Waals surface area (Å²) in [6, 6.07) is 6.91. The fourth-order valence-electron chi connectivity index (χ4n) is 3.46. The van der Waals surface area contributed by atoms with E-state index in [2.05, 4.69) is 54.0 Å². The Kier molecular flexibility index (Phi) is 4.78. The summed E-state index contributed by atoms with van der Waals surface area (Å²) in [6.45, 7) is 8.97. The molecule has 1 aromatic heterocycles. The molecular weight excluding hydrogens is 290 g/mol. The van der Waals surface area contributed by atoms with Crippen molar-refractivity contribution in [3.63, 3.8) is 0 Å². The number of hydrogen-bond acceptors (Lipinski definition) is 5. The lowest BCUT2D eigenvalue weighted by molar-refractivity contribution is 0.173. The summed E-state index contributed by atoms with van der Waals surface area (Å²) >= 11 is 0. The molecule has 0 aliphatic carbocycles. The smallest absolute Gasteiger partial charge is 0.243 e. The molecule has 1 aromatic carbocycles. The number of rotatable bonds is 5. The van der Waals surface area contributed by atoms with Gasteiger partial charge in [-0.2, -0.15) is 4.98 Å². The number of benzene rings is 1. The average Bonchev–Trinajstić information content (AvgIpc) is 3.16. The van der Waals surface area contributed by atoms with Crippen LogP contribution in [0.5, 0.6) is 0 Å². The fourth-order valence-corrected chi connectivity index (χ4v) is 3.46. The van der Waals surface area contributed by atoms with Crippen molar-refractivity contribution >= 4 is 0 Å². The average molecular weight is 315 g/mol. The third-order valence-corrected chi connectivity index (χ3v) is 4.75. The molecule has 0 bridgehead atoms. The highest BCUT2D eigenvalue weighted by atomic mass is 16.5. The minimum absolute atomic E-state index is 0.142. The standard InChI is InChI=1S/C18H25N3O2/c1-12-5-6-16(13(2)9-12)15-7-8-21(10-15)14(3)18-19-17(11-22-4)20-23-18/h5-6,9,14-15H,7-8,10-11H2,1-4H3/t14-,15-/m1/s1. The lowest BCUT2D eigenvalue weighted by atomic mass is 9.93. The Labute approximate surface area is 137 Å². The van der Waals surface area contributed by atoms with Gasteiger partial charge in [-0.05, 0) is 50.8 Å². The Balaban J connectivity index is 1.68. The number of aromatic nitrogens is 2. The van der Waals surface area contributed by atoms with Crippen LogP contribution in [0.4, 0.5) is 0 Å². The molecule has 1 aliphatic heterocycles. The van der Waals surface area contributed by atoms with E-state index in [0.29, 0.717) is 24.2 Å². The van der Waals surface area contributed by atoms with Crippen molar-refractivity contribution in [3.05, 3.63) is 46.6 Å². The van der Waals surface area contributed by atoms with Gasteiger partial charge < -0.3 is 9.26 Å². The Morgan fingerprint density at radius 1 is 1.39 bits per heavy atom. The van der Waals surface area contributed by atoms with Crippen molar-refractivity contribution < 1.29 is 9.26 Å². The van der Waals surface area contributed by atoms with Crippen molar-refractivity contribution in [2.24, 2.45) is 0 Å². The lowest BCUT2D eigenvalue weighted by Gasteiger charge is -2.21. The summed E-state index contributed by atoms with van der Waals surface area (Å²) in [7, 11) is 1.63. The Morgan fingerprint density at radius 3 is 2.96 bits per heavy atom. The molecule has 0 radical (unpaired) electrons. The third kappa shape index (κ3) is 3.46. The predicted molar refractivity (Wildman–Crippen MR) is 88.3 cm³/mol. The van der Waals surface area contributed by atoms with Gasteiger partial charge in [-0.25, -0.2) is 0 Å². The van der Waals surface area contributed by atoms with E-state index in [1.54, 1.807) is 7.11 Å². The molecule has 3 rings (SSSR count). The maximum atomic E-state index is 5.39. The van der Waals surface area contributed by atoms with E-state index in [4.69, 9.17) is 9.26 Å². The van der Waals surface area contributed by atoms with E-state index in [-0.39, 0.29) is 6.04 Å². The molecule has 5 heteroatoms. The molecule has 2 heterocycles. The molecule has 1 aliphatic rings. The number of aryl methyl sites for hydroxylation is 2. The van der Waals surface area contributed by atoms with E-state index < -0.39 is 0 Å². The molecule has 0 unspecified atom stereocenters. The van der Waals surface area contributed by atoms with Crippen LogP contribution in [-0.2, 0) is 11.3 Å². The van der Waals surface area contributed by atoms with Crippen molar-refractivity contribution in [1.29, 1.82) is 0 Å². The normalized spacial score (nSPS) is 20.1. The Bertz CT molecular complexity index is 668. The van der Waals surface area contributed by atoms with Crippen LogP contribution in [0.25, 0.3) is 0 Å². The molecule has 0 amide bonds. The van der Waals surface area contributed by atoms with Gasteiger partial charge in [0.1, 0.15) is 6.61 Å². The first-order chi connectivity index (χ1) is 11.1. The van der Waals surface area contributed by atoms with Crippen LogP contribution in [0.1, 0.15) is 53.7 Å². The first kappa shape index (κ1) is 16.1. The zero-order valence-electron chi connectivity index (χ0n) is 14.4. The van der Waals surface area contributed by atoms with Gasteiger partial charge in [-0.15, -0.1) is 0 Å². The van der Waals surface area contributed by atoms with Crippen LogP contribution in [0, 0.1) is 13.8 Å². The van der Waals surface area contributed by atoms with E-state index in [9.17, 15) is 0 Å². The van der Waals surface area contributed by atoms with Gasteiger partial charge in [0.25, 0.3) is 0 Å². The molecule has 1 saturated heterocycles. The predicted octanol–water partition coefficient (Wildman–Crippen LogP) is 3.38. The highest BCUT2D eigenvalue weighted by Gasteiger charge is 2.31. The van der Waals surface area contributed by atoms with Gasteiger partial charge in [-0.3, -0.25) is 4.90 Å². The van der Waals surface area contributed by atoms with Crippen molar-refractivity contribution in [1.82, 2.24) is 15.0 Å². The van der Waals surface area contributed by atoms with Crippen LogP contribution in [0.2, 0.25) is 0 Å². The Hall–Kier alpha value is -1.72. The molecule has 5 nitrogen and oxygen atoms in total. The monoisotopic (exact) mass is 315 g/mol. The highest BCUT2D eigenvalue weighted by Crippen LogP contribution is 2.34. The van der Waals surface area contributed by atoms with Gasteiger partial charge in [0.15, 0.2) is 5.82 Å². The summed E-state index contributed by atoms with van der Waals surface area (Å²) in [6.07, 6.45) is 1.17. The highest BCUT2D eigenvalue weighted by molar-refractivity contribution is 5.34. The number of ether oxygens (including phenoxy) is 1. The van der Waals surface area contributed by atoms with Gasteiger partial charge in [-0.1, -0.05) is 28.9 Å². The number of nitrogens with zero attached hydrogens (tertiary/aromatic N) is 3. The quantitative estimate of drug-likeness (QED) is 0.846. The van der Waals surface area contributed by atoms with Crippen molar-refractivity contribution in [3.8, 4) is 0 Å². The van der Waals surface area contributed by atoms with Crippen LogP contribution in [0.15, 0.2) is 22.7 Å². The molecule has 2 atom stereocenters. The van der Waals surface area contributed by atoms with Gasteiger partial charge in [0.2, 0.25) is 5.89 Å². The van der Waals surface area contributed by atoms with Crippen LogP contribution in [-0.4, -0.2) is 35.2 Å². The zero-order valence-corrected chi connectivity index (χ0v) is 14.4. The van der Waals surface area contributed by atoms with E-state index in [1.807, 2.05) is 0 Å². The minimum Gasteiger partial charge on any atom is -0.377 e. The van der Waals surface area contributed by atoms with Crippen molar-refractivity contribution in [2.45, 2.75) is 45.8 Å². The van der Waals surface area contributed by atoms with E-state index >= 15 is 0 Å².